The van der Waals surface area contributed by atoms with Gasteiger partial charge in [-0.15, -0.1) is 0 Å². The van der Waals surface area contributed by atoms with Gasteiger partial charge < -0.3 is 14.9 Å². The van der Waals surface area contributed by atoms with E-state index >= 15 is 0 Å². The van der Waals surface area contributed by atoms with Gasteiger partial charge in [0, 0.05) is 26.3 Å². The monoisotopic (exact) mass is 201 g/mol. The van der Waals surface area contributed by atoms with Crippen LogP contribution in [0, 0.1) is 5.92 Å². The highest BCUT2D eigenvalue weighted by atomic mass is 16.5. The van der Waals surface area contributed by atoms with Crippen molar-refractivity contribution in [2.45, 2.75) is 25.0 Å². The molecule has 3 atom stereocenters. The Morgan fingerprint density at radius 3 is 2.50 bits per heavy atom. The minimum absolute atomic E-state index is 0.546. The first-order valence-electron chi connectivity index (χ1n) is 5.42. The molecular formula is C10H19NO3. The number of aliphatic hydroxyl groups is 2. The zero-order chi connectivity index (χ0) is 9.97. The van der Waals surface area contributed by atoms with Gasteiger partial charge in [-0.05, 0) is 25.3 Å². The van der Waals surface area contributed by atoms with E-state index in [0.29, 0.717) is 19.0 Å². The number of hydrogen-bond donors (Lipinski definition) is 2. The number of hydrogen-bond acceptors (Lipinski definition) is 4. The molecule has 0 aromatic heterocycles. The van der Waals surface area contributed by atoms with Gasteiger partial charge in [0.25, 0.3) is 0 Å². The zero-order valence-electron chi connectivity index (χ0n) is 8.43. The summed E-state index contributed by atoms with van der Waals surface area (Å²) in [4.78, 5) is 2.13. The predicted molar refractivity (Wildman–Crippen MR) is 52.0 cm³/mol. The summed E-state index contributed by atoms with van der Waals surface area (Å²) in [7, 11) is 0. The van der Waals surface area contributed by atoms with E-state index in [2.05, 4.69) is 4.90 Å². The third kappa shape index (κ3) is 2.45. The zero-order valence-corrected chi connectivity index (χ0v) is 8.43. The molecule has 3 unspecified atom stereocenters. The summed E-state index contributed by atoms with van der Waals surface area (Å²) in [6.07, 6.45) is 1.20. The van der Waals surface area contributed by atoms with Crippen molar-refractivity contribution in [2.75, 3.05) is 32.8 Å². The Labute approximate surface area is 84.5 Å². The number of rotatable bonds is 3. The number of β-amino-alcohol motifs (C(OH)–C–C–N with tert-alkyl or cyclic N) is 2. The van der Waals surface area contributed by atoms with E-state index in [1.165, 1.54) is 6.42 Å². The fourth-order valence-electron chi connectivity index (χ4n) is 2.21. The predicted octanol–water partition coefficient (Wildman–Crippen LogP) is -0.550. The summed E-state index contributed by atoms with van der Waals surface area (Å²) in [6, 6.07) is 0. The van der Waals surface area contributed by atoms with E-state index in [4.69, 9.17) is 4.74 Å². The molecule has 0 aromatic rings. The van der Waals surface area contributed by atoms with Gasteiger partial charge in [-0.1, -0.05) is 0 Å². The van der Waals surface area contributed by atoms with Gasteiger partial charge in [-0.3, -0.25) is 4.90 Å². The molecule has 2 heterocycles. The van der Waals surface area contributed by atoms with Crippen molar-refractivity contribution in [1.82, 2.24) is 4.90 Å². The van der Waals surface area contributed by atoms with E-state index in [0.717, 1.165) is 26.2 Å². The molecule has 82 valence electrons. The van der Waals surface area contributed by atoms with Crippen molar-refractivity contribution in [3.8, 4) is 0 Å². The summed E-state index contributed by atoms with van der Waals surface area (Å²) in [5, 5.41) is 18.7. The smallest absolute Gasteiger partial charge is 0.0938 e. The molecule has 0 amide bonds. The minimum Gasteiger partial charge on any atom is -0.389 e. The fourth-order valence-corrected chi connectivity index (χ4v) is 2.21. The first-order valence-corrected chi connectivity index (χ1v) is 5.42. The van der Waals surface area contributed by atoms with Crippen LogP contribution >= 0.6 is 0 Å². The minimum atomic E-state index is -0.546. The lowest BCUT2D eigenvalue weighted by atomic mass is 10.1. The maximum absolute atomic E-state index is 9.34. The Morgan fingerprint density at radius 2 is 1.93 bits per heavy atom. The normalized spacial score (nSPS) is 39.4. The molecule has 2 fully saturated rings. The number of nitrogens with zero attached hydrogens (tertiary/aromatic N) is 1. The van der Waals surface area contributed by atoms with Crippen molar-refractivity contribution < 1.29 is 14.9 Å². The van der Waals surface area contributed by atoms with Gasteiger partial charge in [-0.25, -0.2) is 0 Å². The molecule has 2 aliphatic heterocycles. The van der Waals surface area contributed by atoms with E-state index < -0.39 is 12.2 Å². The summed E-state index contributed by atoms with van der Waals surface area (Å²) in [6.45, 7) is 4.00. The second-order valence-corrected chi connectivity index (χ2v) is 4.41. The highest BCUT2D eigenvalue weighted by molar-refractivity contribution is 4.83. The molecule has 0 aromatic carbocycles. The molecule has 0 radical (unpaired) electrons. The van der Waals surface area contributed by atoms with Crippen molar-refractivity contribution in [1.29, 1.82) is 0 Å². The molecule has 0 spiro atoms. The standard InChI is InChI=1S/C10H19NO3/c12-9-5-11(6-10(9)13)3-1-8-2-4-14-7-8/h8-10,12-13H,1-7H2. The summed E-state index contributed by atoms with van der Waals surface area (Å²) in [5.41, 5.74) is 0. The largest absolute Gasteiger partial charge is 0.389 e. The lowest BCUT2D eigenvalue weighted by Crippen LogP contribution is -2.25. The van der Waals surface area contributed by atoms with E-state index in [-0.39, 0.29) is 0 Å². The second-order valence-electron chi connectivity index (χ2n) is 4.41. The maximum atomic E-state index is 9.34. The van der Waals surface area contributed by atoms with Gasteiger partial charge in [0.15, 0.2) is 0 Å². The molecule has 2 saturated heterocycles. The fraction of sp³-hybridized carbons (Fsp3) is 1.00. The first kappa shape index (κ1) is 10.4. The summed E-state index contributed by atoms with van der Waals surface area (Å²) >= 11 is 0. The van der Waals surface area contributed by atoms with Crippen LogP contribution in [0.5, 0.6) is 0 Å². The lowest BCUT2D eigenvalue weighted by Gasteiger charge is -2.16. The maximum Gasteiger partial charge on any atom is 0.0938 e. The number of ether oxygens (including phenoxy) is 1. The molecule has 0 aliphatic carbocycles. The Morgan fingerprint density at radius 1 is 1.21 bits per heavy atom. The molecule has 4 heteroatoms. The SMILES string of the molecule is OC1CN(CCC2CCOC2)CC1O. The average molecular weight is 201 g/mol. The van der Waals surface area contributed by atoms with E-state index in [1.807, 2.05) is 0 Å². The van der Waals surface area contributed by atoms with Gasteiger partial charge in [0.2, 0.25) is 0 Å². The van der Waals surface area contributed by atoms with Gasteiger partial charge in [0.1, 0.15) is 0 Å². The lowest BCUT2D eigenvalue weighted by molar-refractivity contribution is 0.0572. The molecule has 4 nitrogen and oxygen atoms in total. The van der Waals surface area contributed by atoms with Gasteiger partial charge in [0.05, 0.1) is 12.2 Å². The molecule has 14 heavy (non-hydrogen) atoms. The summed E-state index contributed by atoms with van der Waals surface area (Å²) in [5.74, 6) is 0.685. The van der Waals surface area contributed by atoms with Crippen LogP contribution in [0.4, 0.5) is 0 Å². The van der Waals surface area contributed by atoms with Crippen LogP contribution in [0.15, 0.2) is 0 Å². The van der Waals surface area contributed by atoms with Crippen LogP contribution in [0.1, 0.15) is 12.8 Å². The van der Waals surface area contributed by atoms with Gasteiger partial charge >= 0.3 is 0 Å². The quantitative estimate of drug-likeness (QED) is 0.643. The van der Waals surface area contributed by atoms with Crippen LogP contribution < -0.4 is 0 Å². The topological polar surface area (TPSA) is 52.9 Å². The van der Waals surface area contributed by atoms with E-state index in [1.54, 1.807) is 0 Å². The van der Waals surface area contributed by atoms with Crippen molar-refractivity contribution in [3.05, 3.63) is 0 Å². The third-order valence-electron chi connectivity index (χ3n) is 3.21. The Kier molecular flexibility index (Phi) is 3.38. The highest BCUT2D eigenvalue weighted by Gasteiger charge is 2.29. The van der Waals surface area contributed by atoms with Crippen LogP contribution in [0.3, 0.4) is 0 Å². The molecule has 0 bridgehead atoms. The molecule has 2 N–H and O–H groups in total. The first-order chi connectivity index (χ1) is 6.75. The third-order valence-corrected chi connectivity index (χ3v) is 3.21. The molecule has 2 rings (SSSR count). The number of likely N-dealkylation sites (tertiary alicyclic amines) is 1. The highest BCUT2D eigenvalue weighted by Crippen LogP contribution is 2.18. The van der Waals surface area contributed by atoms with Crippen molar-refractivity contribution >= 4 is 0 Å². The molecule has 0 saturated carbocycles. The Hall–Kier alpha value is -0.160. The van der Waals surface area contributed by atoms with Crippen molar-refractivity contribution in [2.24, 2.45) is 5.92 Å². The second kappa shape index (κ2) is 4.57. The van der Waals surface area contributed by atoms with Crippen LogP contribution in [0.25, 0.3) is 0 Å². The van der Waals surface area contributed by atoms with Crippen LogP contribution in [0.2, 0.25) is 0 Å². The Bertz CT molecular complexity index is 172. The van der Waals surface area contributed by atoms with E-state index in [9.17, 15) is 10.2 Å². The van der Waals surface area contributed by atoms with Crippen molar-refractivity contribution in [3.63, 3.8) is 0 Å². The molecule has 2 aliphatic rings. The summed E-state index contributed by atoms with van der Waals surface area (Å²) < 4.78 is 5.30. The molecular weight excluding hydrogens is 182 g/mol. The number of aliphatic hydroxyl groups excluding tert-OH is 2. The average Bonchev–Trinajstić information content (AvgIpc) is 2.74. The Balaban J connectivity index is 1.66. The van der Waals surface area contributed by atoms with Crippen LogP contribution in [-0.4, -0.2) is 60.2 Å². The van der Waals surface area contributed by atoms with Gasteiger partial charge in [-0.2, -0.15) is 0 Å². The van der Waals surface area contributed by atoms with Crippen LogP contribution in [-0.2, 0) is 4.74 Å².